The lowest BCUT2D eigenvalue weighted by Gasteiger charge is -2.65. The molecule has 0 aliphatic heterocycles. The highest BCUT2D eigenvalue weighted by atomic mass is 16.5. The third-order valence-electron chi connectivity index (χ3n) is 15.9. The van der Waals surface area contributed by atoms with Gasteiger partial charge < -0.3 is 62.7 Å². The van der Waals surface area contributed by atoms with Crippen LogP contribution in [0.25, 0.3) is 0 Å². The molecule has 4 fully saturated rings. The van der Waals surface area contributed by atoms with Gasteiger partial charge in [-0.15, -0.1) is 0 Å². The number of carboxylic acid groups (broad SMARTS) is 3. The lowest BCUT2D eigenvalue weighted by molar-refractivity contribution is -0.227. The van der Waals surface area contributed by atoms with Gasteiger partial charge in [-0.2, -0.15) is 0 Å². The highest BCUT2D eigenvalue weighted by Gasteiger charge is 2.66. The van der Waals surface area contributed by atoms with E-state index in [9.17, 15) is 24.3 Å². The van der Waals surface area contributed by atoms with Crippen molar-refractivity contribution in [3.8, 4) is 0 Å². The van der Waals surface area contributed by atoms with Crippen LogP contribution in [0.2, 0.25) is 0 Å². The van der Waals surface area contributed by atoms with Crippen molar-refractivity contribution < 1.29 is 48.7 Å². The smallest absolute Gasteiger partial charge is 0.317 e. The molecule has 18 nitrogen and oxygen atoms in total. The number of ether oxygens (including phenoxy) is 3. The molecule has 0 heterocycles. The first-order valence-electron chi connectivity index (χ1n) is 24.9. The Kier molecular flexibility index (Phi) is 23.8. The zero-order valence-corrected chi connectivity index (χ0v) is 40.0. The number of hydrogen-bond donors (Lipinski definition) is 9. The predicted molar refractivity (Wildman–Crippen MR) is 249 cm³/mol. The molecule has 0 aromatic carbocycles. The number of carboxylic acids is 3. The van der Waals surface area contributed by atoms with Crippen molar-refractivity contribution in [3.63, 3.8) is 0 Å². The second kappa shape index (κ2) is 28.1. The number of aliphatic carboxylic acids is 3. The van der Waals surface area contributed by atoms with Crippen molar-refractivity contribution in [3.05, 3.63) is 0 Å². The zero-order chi connectivity index (χ0) is 47.4. The largest absolute Gasteiger partial charge is 0.480 e. The summed E-state index contributed by atoms with van der Waals surface area (Å²) in [5.74, 6) is -0.336. The fourth-order valence-corrected chi connectivity index (χ4v) is 12.6. The Morgan fingerprint density at radius 1 is 0.692 bits per heavy atom. The van der Waals surface area contributed by atoms with E-state index in [1.807, 2.05) is 4.90 Å². The number of carbonyl (C=O) groups excluding carboxylic acids is 1. The molecule has 0 bridgehead atoms. The molecule has 4 aliphatic carbocycles. The van der Waals surface area contributed by atoms with Gasteiger partial charge in [0.25, 0.3) is 0 Å². The molecule has 6 unspecified atom stereocenters. The van der Waals surface area contributed by atoms with Gasteiger partial charge in [0, 0.05) is 71.0 Å². The van der Waals surface area contributed by atoms with Crippen molar-refractivity contribution in [1.29, 1.82) is 0 Å². The van der Waals surface area contributed by atoms with Crippen LogP contribution in [-0.4, -0.2) is 179 Å². The molecule has 18 heteroatoms. The molecular formula is C47H88N8O10. The van der Waals surface area contributed by atoms with E-state index < -0.39 is 17.9 Å². The summed E-state index contributed by atoms with van der Waals surface area (Å²) in [4.78, 5) is 50.5. The van der Waals surface area contributed by atoms with E-state index in [2.05, 4.69) is 36.7 Å². The maximum absolute atomic E-state index is 13.4. The van der Waals surface area contributed by atoms with Gasteiger partial charge in [0.2, 0.25) is 5.91 Å². The first-order chi connectivity index (χ1) is 31.2. The Balaban J connectivity index is 1.40. The van der Waals surface area contributed by atoms with E-state index in [-0.39, 0.29) is 61.2 Å². The minimum Gasteiger partial charge on any atom is -0.480 e. The third kappa shape index (κ3) is 16.3. The molecule has 4 aliphatic rings. The summed E-state index contributed by atoms with van der Waals surface area (Å²) < 4.78 is 20.3. The maximum atomic E-state index is 13.4. The minimum atomic E-state index is -1.01. The monoisotopic (exact) mass is 925 g/mol. The van der Waals surface area contributed by atoms with Gasteiger partial charge in [-0.25, -0.2) is 0 Å². The van der Waals surface area contributed by atoms with Crippen molar-refractivity contribution in [2.24, 2.45) is 63.5 Å². The molecular weight excluding hydrogens is 837 g/mol. The van der Waals surface area contributed by atoms with E-state index in [0.717, 1.165) is 83.7 Å². The number of fused-ring (bicyclic) bond motifs is 5. The van der Waals surface area contributed by atoms with Crippen LogP contribution in [0, 0.1) is 46.3 Å². The van der Waals surface area contributed by atoms with E-state index in [0.29, 0.717) is 114 Å². The standard InChI is InChI=1S/C47H88N8O10/c1-33(8-4-16-53-41(56)31-54(19-17-51-29-42(57)58)21-22-55(32-44(61)62)20-18-52-30-43(59)60)36-9-10-37-45-38(28-40(47(36,37)3)65-25-7-15-50)46(2)12-11-35(63-23-5-13-48)26-34(46)27-39(45)64-24-6-14-49/h33-40,45,51-52H,4-32,48-50H2,1-3H3,(H,53,56)(H,57,58)(H,59,60)(H,61,62)/t33?,34?,35-,36?,37+,38+,39-,40+,45?,46?,47?/m1/s1. The average molecular weight is 925 g/mol. The van der Waals surface area contributed by atoms with Crippen LogP contribution in [-0.2, 0) is 33.4 Å². The third-order valence-corrected chi connectivity index (χ3v) is 15.9. The first kappa shape index (κ1) is 55.1. The average Bonchev–Trinajstić information content (AvgIpc) is 3.62. The number of nitrogens with one attached hydrogen (secondary N) is 3. The number of carbonyl (C=O) groups is 4. The molecule has 0 radical (unpaired) electrons. The summed E-state index contributed by atoms with van der Waals surface area (Å²) >= 11 is 0. The van der Waals surface area contributed by atoms with E-state index in [4.69, 9.17) is 41.6 Å². The first-order valence-corrected chi connectivity index (χ1v) is 24.9. The Morgan fingerprint density at radius 2 is 1.29 bits per heavy atom. The molecule has 12 N–H and O–H groups in total. The number of amides is 1. The highest BCUT2D eigenvalue weighted by Crippen LogP contribution is 2.69. The Labute approximate surface area is 388 Å². The van der Waals surface area contributed by atoms with Gasteiger partial charge in [0.05, 0.1) is 44.5 Å². The summed E-state index contributed by atoms with van der Waals surface area (Å²) in [5.41, 5.74) is 18.0. The molecule has 376 valence electrons. The van der Waals surface area contributed by atoms with Crippen molar-refractivity contribution in [2.45, 2.75) is 116 Å². The molecule has 4 rings (SSSR count). The van der Waals surface area contributed by atoms with Gasteiger partial charge in [-0.3, -0.25) is 29.0 Å². The fraction of sp³-hybridized carbons (Fsp3) is 0.915. The van der Waals surface area contributed by atoms with Crippen molar-refractivity contribution in [2.75, 3.05) is 111 Å². The summed E-state index contributed by atoms with van der Waals surface area (Å²) in [5, 5.41) is 36.2. The summed E-state index contributed by atoms with van der Waals surface area (Å²) in [7, 11) is 0. The Bertz CT molecular complexity index is 1450. The Morgan fingerprint density at radius 3 is 1.89 bits per heavy atom. The topological polar surface area (TPSA) is 277 Å². The van der Waals surface area contributed by atoms with E-state index in [1.165, 1.54) is 0 Å². The van der Waals surface area contributed by atoms with E-state index >= 15 is 0 Å². The number of hydrogen-bond acceptors (Lipinski definition) is 14. The van der Waals surface area contributed by atoms with Gasteiger partial charge >= 0.3 is 17.9 Å². The van der Waals surface area contributed by atoms with Crippen LogP contribution in [0.1, 0.15) is 97.8 Å². The summed E-state index contributed by atoms with van der Waals surface area (Å²) in [6, 6.07) is 0. The normalized spacial score (nSPS) is 30.2. The second-order valence-electron chi connectivity index (χ2n) is 20.0. The van der Waals surface area contributed by atoms with E-state index in [1.54, 1.807) is 4.90 Å². The zero-order valence-electron chi connectivity index (χ0n) is 40.0. The number of nitrogens with two attached hydrogens (primary N) is 3. The quantitative estimate of drug-likeness (QED) is 0.0415. The van der Waals surface area contributed by atoms with Crippen LogP contribution < -0.4 is 33.2 Å². The van der Waals surface area contributed by atoms with Crippen molar-refractivity contribution >= 4 is 23.8 Å². The second-order valence-corrected chi connectivity index (χ2v) is 20.0. The Hall–Kier alpha value is -2.52. The molecule has 65 heavy (non-hydrogen) atoms. The number of rotatable bonds is 34. The highest BCUT2D eigenvalue weighted by molar-refractivity contribution is 5.78. The molecule has 0 aromatic heterocycles. The molecule has 11 atom stereocenters. The lowest BCUT2D eigenvalue weighted by atomic mass is 9.43. The van der Waals surface area contributed by atoms with Crippen LogP contribution >= 0.6 is 0 Å². The predicted octanol–water partition coefficient (Wildman–Crippen LogP) is 1.64. The van der Waals surface area contributed by atoms with Gasteiger partial charge in [0.15, 0.2) is 0 Å². The molecule has 0 spiro atoms. The molecule has 4 saturated carbocycles. The molecule has 0 aromatic rings. The minimum absolute atomic E-state index is 0.0321. The molecule has 0 saturated heterocycles. The van der Waals surface area contributed by atoms with Crippen LogP contribution in [0.3, 0.4) is 0 Å². The maximum Gasteiger partial charge on any atom is 0.317 e. The fourth-order valence-electron chi connectivity index (χ4n) is 12.6. The van der Waals surface area contributed by atoms with Crippen LogP contribution in [0.5, 0.6) is 0 Å². The van der Waals surface area contributed by atoms with Crippen LogP contribution in [0.4, 0.5) is 0 Å². The SMILES string of the molecule is CC(CCCNC(=O)CN(CCNCC(=O)O)CCN(CCNCC(=O)O)CC(=O)O)C1CC[C@H]2C3[C@H](OCCCN)CC4C[C@H](OCCCN)CCC4(C)[C@H]3C[C@H](OCCCN)C12C. The van der Waals surface area contributed by atoms with Gasteiger partial charge in [-0.05, 0) is 138 Å². The van der Waals surface area contributed by atoms with Gasteiger partial charge in [-0.1, -0.05) is 20.8 Å². The lowest BCUT2D eigenvalue weighted by Crippen LogP contribution is -2.63. The van der Waals surface area contributed by atoms with Crippen LogP contribution in [0.15, 0.2) is 0 Å². The number of nitrogens with zero attached hydrogens (tertiary/aromatic N) is 2. The summed E-state index contributed by atoms with van der Waals surface area (Å²) in [6.07, 6.45) is 12.6. The van der Waals surface area contributed by atoms with Gasteiger partial charge in [0.1, 0.15) is 0 Å². The molecule has 1 amide bonds. The van der Waals surface area contributed by atoms with Crippen molar-refractivity contribution in [1.82, 2.24) is 25.8 Å². The summed E-state index contributed by atoms with van der Waals surface area (Å²) in [6.45, 7) is 13.4.